The summed E-state index contributed by atoms with van der Waals surface area (Å²) in [6.07, 6.45) is 3.26. The van der Waals surface area contributed by atoms with Gasteiger partial charge in [-0.15, -0.1) is 0 Å². The Kier molecular flexibility index (Phi) is 16.4. The molecule has 3 aromatic rings. The van der Waals surface area contributed by atoms with Crippen LogP contribution >= 0.6 is 0 Å². The van der Waals surface area contributed by atoms with Crippen LogP contribution in [0.2, 0.25) is 0 Å². The summed E-state index contributed by atoms with van der Waals surface area (Å²) in [6.45, 7) is 4.66. The zero-order valence-electron chi connectivity index (χ0n) is 34.1. The number of ether oxygens (including phenoxy) is 1. The molecule has 6 amide bonds. The van der Waals surface area contributed by atoms with E-state index in [4.69, 9.17) is 25.8 Å². The maximum atomic E-state index is 14.5. The SMILES string of the molecule is COc1ccc([C@H](CC(=O)O)NC(=O)[C@H](CC(C)C)N2C(=O)N(Cc3ccc(NC(=O)Nc4ccccc4C)cc3)C3(CCCCC3)C2=O)cc1.NC(CO)(CO)CO. The number of carboxylic acid groups (broad SMARTS) is 1. The maximum Gasteiger partial charge on any atom is 0.328 e. The van der Waals surface area contributed by atoms with Gasteiger partial charge in [0.2, 0.25) is 5.91 Å². The van der Waals surface area contributed by atoms with Crippen molar-refractivity contribution in [1.82, 2.24) is 15.1 Å². The summed E-state index contributed by atoms with van der Waals surface area (Å²) < 4.78 is 5.23. The quantitative estimate of drug-likeness (QED) is 0.0934. The minimum atomic E-state index is -1.21. The number of nitrogens with two attached hydrogens (primary N) is 1. The van der Waals surface area contributed by atoms with Crippen molar-refractivity contribution in [3.05, 3.63) is 89.5 Å². The van der Waals surface area contributed by atoms with E-state index in [-0.39, 0.29) is 31.3 Å². The summed E-state index contributed by atoms with van der Waals surface area (Å²) in [5, 5.41) is 43.2. The fraction of sp³-hybridized carbons (Fsp3) is 0.465. The minimum Gasteiger partial charge on any atom is -0.497 e. The molecule has 1 spiro atoms. The lowest BCUT2D eigenvalue weighted by Crippen LogP contribution is -2.53. The van der Waals surface area contributed by atoms with Gasteiger partial charge in [-0.1, -0.05) is 75.6 Å². The molecule has 1 aliphatic heterocycles. The van der Waals surface area contributed by atoms with Crippen LogP contribution in [0, 0.1) is 12.8 Å². The van der Waals surface area contributed by atoms with Crippen LogP contribution in [0.5, 0.6) is 5.75 Å². The van der Waals surface area contributed by atoms with Crippen molar-refractivity contribution in [1.29, 1.82) is 0 Å². The number of carbonyl (C=O) groups excluding carboxylic acids is 4. The van der Waals surface area contributed by atoms with E-state index in [9.17, 15) is 29.1 Å². The van der Waals surface area contributed by atoms with E-state index < -0.39 is 66.8 Å². The number of aliphatic hydroxyl groups is 3. The first kappa shape index (κ1) is 46.1. The van der Waals surface area contributed by atoms with Gasteiger partial charge in [-0.05, 0) is 79.1 Å². The molecule has 0 aromatic heterocycles. The van der Waals surface area contributed by atoms with Crippen LogP contribution in [-0.2, 0) is 20.9 Å². The van der Waals surface area contributed by atoms with Crippen molar-refractivity contribution >= 4 is 41.2 Å². The van der Waals surface area contributed by atoms with E-state index in [0.717, 1.165) is 35.3 Å². The van der Waals surface area contributed by atoms with Crippen LogP contribution in [0.15, 0.2) is 72.8 Å². The predicted octanol–water partition coefficient (Wildman–Crippen LogP) is 4.52. The monoisotopic (exact) mass is 818 g/mol. The van der Waals surface area contributed by atoms with Crippen molar-refractivity contribution in [3.8, 4) is 5.75 Å². The molecule has 2 atom stereocenters. The lowest BCUT2D eigenvalue weighted by Gasteiger charge is -2.38. The number of para-hydroxylation sites is 1. The number of anilines is 2. The third-order valence-corrected chi connectivity index (χ3v) is 10.7. The lowest BCUT2D eigenvalue weighted by atomic mass is 9.80. The number of hydrogen-bond acceptors (Lipinski definition) is 10. The number of amides is 6. The van der Waals surface area contributed by atoms with Gasteiger partial charge in [0.05, 0.1) is 44.9 Å². The lowest BCUT2D eigenvalue weighted by molar-refractivity contribution is -0.142. The van der Waals surface area contributed by atoms with Gasteiger partial charge in [0.15, 0.2) is 0 Å². The van der Waals surface area contributed by atoms with Gasteiger partial charge < -0.3 is 51.7 Å². The van der Waals surface area contributed by atoms with Crippen LogP contribution in [0.1, 0.15) is 81.5 Å². The number of methoxy groups -OCH3 is 1. The molecular formula is C43H58N6O10. The standard InChI is InChI=1S/C39H47N5O7.C4H11NO3/c1-25(2)22-33(35(47)41-32(23-34(45)46)28-14-18-30(51-4)19-15-28)44-36(48)39(20-8-5-9-21-39)43(38(44)50)24-27-12-16-29(17-13-27)40-37(49)42-31-11-7-6-10-26(31)3;5-4(1-6,2-7)3-8/h6-7,10-19,25,32-33H,5,8-9,20-24H2,1-4H3,(H,41,47)(H,45,46)(H2,40,42,49);6-8H,1-3,5H2/t32-,33-;/m0./s1. The van der Waals surface area contributed by atoms with E-state index in [1.807, 2.05) is 57.2 Å². The summed E-state index contributed by atoms with van der Waals surface area (Å²) in [6, 6.07) is 18.4. The fourth-order valence-electron chi connectivity index (χ4n) is 7.18. The Balaban J connectivity index is 0.000000870. The number of nitrogens with zero attached hydrogens (tertiary/aromatic N) is 2. The number of aryl methyl sites for hydroxylation is 1. The Morgan fingerprint density at radius 2 is 1.49 bits per heavy atom. The Bertz CT molecular complexity index is 1890. The zero-order valence-corrected chi connectivity index (χ0v) is 34.1. The molecule has 5 rings (SSSR count). The topological polar surface area (TPSA) is 244 Å². The molecule has 3 aromatic carbocycles. The van der Waals surface area contributed by atoms with Gasteiger partial charge in [0.25, 0.3) is 5.91 Å². The molecule has 2 fully saturated rings. The molecule has 9 N–H and O–H groups in total. The summed E-state index contributed by atoms with van der Waals surface area (Å²) in [5.41, 5.74) is 6.36. The second kappa shape index (κ2) is 20.9. The number of benzene rings is 3. The minimum absolute atomic E-state index is 0.0559. The molecule has 0 bridgehead atoms. The summed E-state index contributed by atoms with van der Waals surface area (Å²) in [7, 11) is 1.52. The van der Waals surface area contributed by atoms with Crippen molar-refractivity contribution in [2.45, 2.75) is 95.4 Å². The number of urea groups is 2. The average molecular weight is 819 g/mol. The number of imide groups is 1. The highest BCUT2D eigenvalue weighted by atomic mass is 16.5. The number of nitrogens with one attached hydrogen (secondary N) is 3. The van der Waals surface area contributed by atoms with E-state index in [2.05, 4.69) is 16.0 Å². The molecular weight excluding hydrogens is 761 g/mol. The number of rotatable bonds is 16. The molecule has 320 valence electrons. The molecule has 0 unspecified atom stereocenters. The maximum absolute atomic E-state index is 14.5. The van der Waals surface area contributed by atoms with Gasteiger partial charge in [-0.2, -0.15) is 0 Å². The first-order chi connectivity index (χ1) is 28.1. The average Bonchev–Trinajstić information content (AvgIpc) is 3.41. The first-order valence-corrected chi connectivity index (χ1v) is 19.8. The smallest absolute Gasteiger partial charge is 0.328 e. The second-order valence-electron chi connectivity index (χ2n) is 15.6. The molecule has 1 aliphatic carbocycles. The zero-order chi connectivity index (χ0) is 43.3. The predicted molar refractivity (Wildman–Crippen MR) is 221 cm³/mol. The van der Waals surface area contributed by atoms with Crippen LogP contribution in [0.4, 0.5) is 21.0 Å². The van der Waals surface area contributed by atoms with Crippen LogP contribution in [0.3, 0.4) is 0 Å². The van der Waals surface area contributed by atoms with Crippen molar-refractivity contribution in [2.75, 3.05) is 37.6 Å². The number of hydrogen-bond donors (Lipinski definition) is 8. The van der Waals surface area contributed by atoms with E-state index >= 15 is 0 Å². The molecule has 1 saturated carbocycles. The molecule has 59 heavy (non-hydrogen) atoms. The highest BCUT2D eigenvalue weighted by Gasteiger charge is 2.59. The largest absolute Gasteiger partial charge is 0.497 e. The number of aliphatic hydroxyl groups excluding tert-OH is 3. The van der Waals surface area contributed by atoms with Gasteiger partial charge in [-0.3, -0.25) is 14.4 Å². The molecule has 1 heterocycles. The number of carbonyl (C=O) groups is 5. The van der Waals surface area contributed by atoms with Gasteiger partial charge in [0, 0.05) is 17.9 Å². The Hall–Kier alpha value is -5.55. The van der Waals surface area contributed by atoms with Gasteiger partial charge in [0.1, 0.15) is 17.3 Å². The Labute approximate surface area is 344 Å². The molecule has 16 heteroatoms. The highest BCUT2D eigenvalue weighted by Crippen LogP contribution is 2.43. The third-order valence-electron chi connectivity index (χ3n) is 10.7. The van der Waals surface area contributed by atoms with E-state index in [1.165, 1.54) is 7.11 Å². The van der Waals surface area contributed by atoms with Crippen molar-refractivity contribution in [2.24, 2.45) is 11.7 Å². The van der Waals surface area contributed by atoms with Gasteiger partial charge >= 0.3 is 18.0 Å². The number of aliphatic carboxylic acids is 1. The summed E-state index contributed by atoms with van der Waals surface area (Å²) in [5.74, 6) is -1.56. The van der Waals surface area contributed by atoms with Crippen molar-refractivity contribution < 1.29 is 49.1 Å². The molecule has 16 nitrogen and oxygen atoms in total. The summed E-state index contributed by atoms with van der Waals surface area (Å²) >= 11 is 0. The van der Waals surface area contributed by atoms with E-state index in [1.54, 1.807) is 41.3 Å². The normalized spacial score (nSPS) is 15.9. The molecule has 0 radical (unpaired) electrons. The second-order valence-corrected chi connectivity index (χ2v) is 15.6. The third kappa shape index (κ3) is 11.8. The summed E-state index contributed by atoms with van der Waals surface area (Å²) in [4.78, 5) is 70.3. The van der Waals surface area contributed by atoms with Crippen molar-refractivity contribution in [3.63, 3.8) is 0 Å². The highest BCUT2D eigenvalue weighted by molar-refractivity contribution is 6.10. The Morgan fingerprint density at radius 3 is 2.02 bits per heavy atom. The molecule has 2 aliphatic rings. The van der Waals surface area contributed by atoms with Crippen LogP contribution < -0.4 is 26.4 Å². The van der Waals surface area contributed by atoms with E-state index in [0.29, 0.717) is 35.5 Å². The molecule has 1 saturated heterocycles. The number of carboxylic acids is 1. The fourth-order valence-corrected chi connectivity index (χ4v) is 7.18. The Morgan fingerprint density at radius 1 is 0.881 bits per heavy atom. The van der Waals surface area contributed by atoms with Gasteiger partial charge in [-0.25, -0.2) is 14.5 Å². The first-order valence-electron chi connectivity index (χ1n) is 19.8. The van der Waals surface area contributed by atoms with Crippen LogP contribution in [0.25, 0.3) is 0 Å². The van der Waals surface area contributed by atoms with Crippen LogP contribution in [-0.4, -0.2) is 104 Å².